The number of benzene rings is 3. The molecular weight excluding hydrogens is 474 g/mol. The van der Waals surface area contributed by atoms with E-state index in [0.29, 0.717) is 35.3 Å². The maximum absolute atomic E-state index is 13.7. The van der Waals surface area contributed by atoms with E-state index in [1.165, 1.54) is 0 Å². The third-order valence-electron chi connectivity index (χ3n) is 6.27. The summed E-state index contributed by atoms with van der Waals surface area (Å²) in [5, 5.41) is 5.44. The molecule has 36 heavy (non-hydrogen) atoms. The van der Waals surface area contributed by atoms with E-state index in [2.05, 4.69) is 0 Å². The summed E-state index contributed by atoms with van der Waals surface area (Å²) in [5.41, 5.74) is 3.21. The SMILES string of the molecule is Cn1nc(-c2ccccc2)c(CN(C[C@H]2CCCO2)C(=O)c2ccccc2)c1Oc1ccc(Cl)cc1. The molecule has 1 fully saturated rings. The smallest absolute Gasteiger partial charge is 0.254 e. The molecule has 6 nitrogen and oxygen atoms in total. The zero-order valence-electron chi connectivity index (χ0n) is 20.1. The highest BCUT2D eigenvalue weighted by molar-refractivity contribution is 6.30. The lowest BCUT2D eigenvalue weighted by Crippen LogP contribution is -2.37. The van der Waals surface area contributed by atoms with E-state index in [-0.39, 0.29) is 12.0 Å². The third kappa shape index (κ3) is 5.45. The maximum atomic E-state index is 13.7. The van der Waals surface area contributed by atoms with Crippen LogP contribution in [0.5, 0.6) is 11.6 Å². The number of hydrogen-bond donors (Lipinski definition) is 0. The lowest BCUT2D eigenvalue weighted by Gasteiger charge is -2.26. The minimum absolute atomic E-state index is 0.00939. The Bertz CT molecular complexity index is 1300. The highest BCUT2D eigenvalue weighted by atomic mass is 35.5. The minimum Gasteiger partial charge on any atom is -0.439 e. The van der Waals surface area contributed by atoms with Gasteiger partial charge >= 0.3 is 0 Å². The first kappa shape index (κ1) is 24.1. The normalized spacial score (nSPS) is 15.1. The molecule has 1 aliphatic heterocycles. The Morgan fingerprint density at radius 3 is 2.42 bits per heavy atom. The molecule has 0 bridgehead atoms. The van der Waals surface area contributed by atoms with E-state index >= 15 is 0 Å². The number of carbonyl (C=O) groups is 1. The van der Waals surface area contributed by atoms with Crippen molar-refractivity contribution in [2.75, 3.05) is 13.2 Å². The van der Waals surface area contributed by atoms with Crippen molar-refractivity contribution in [2.24, 2.45) is 7.05 Å². The molecule has 3 aromatic carbocycles. The number of hydrogen-bond acceptors (Lipinski definition) is 4. The van der Waals surface area contributed by atoms with E-state index < -0.39 is 0 Å². The largest absolute Gasteiger partial charge is 0.439 e. The van der Waals surface area contributed by atoms with Crippen LogP contribution in [0.1, 0.15) is 28.8 Å². The van der Waals surface area contributed by atoms with Gasteiger partial charge in [-0.15, -0.1) is 0 Å². The van der Waals surface area contributed by atoms with E-state index in [9.17, 15) is 4.79 Å². The first-order valence-corrected chi connectivity index (χ1v) is 12.5. The van der Waals surface area contributed by atoms with Gasteiger partial charge in [-0.2, -0.15) is 5.10 Å². The van der Waals surface area contributed by atoms with Gasteiger partial charge in [0.15, 0.2) is 0 Å². The number of halogens is 1. The lowest BCUT2D eigenvalue weighted by atomic mass is 10.1. The second kappa shape index (κ2) is 11.0. The number of ether oxygens (including phenoxy) is 2. The zero-order chi connectivity index (χ0) is 24.9. The second-order valence-electron chi connectivity index (χ2n) is 8.86. The van der Waals surface area contributed by atoms with Crippen LogP contribution in [-0.2, 0) is 18.3 Å². The molecule has 0 unspecified atom stereocenters. The van der Waals surface area contributed by atoms with Gasteiger partial charge in [0.25, 0.3) is 5.91 Å². The number of rotatable bonds is 8. The predicted molar refractivity (Wildman–Crippen MR) is 140 cm³/mol. The van der Waals surface area contributed by atoms with Gasteiger partial charge in [0.05, 0.1) is 18.2 Å². The molecule has 0 radical (unpaired) electrons. The molecule has 5 rings (SSSR count). The van der Waals surface area contributed by atoms with E-state index in [1.54, 1.807) is 16.8 Å². The van der Waals surface area contributed by atoms with Crippen molar-refractivity contribution < 1.29 is 14.3 Å². The van der Waals surface area contributed by atoms with Crippen LogP contribution < -0.4 is 4.74 Å². The fourth-order valence-electron chi connectivity index (χ4n) is 4.47. The molecule has 7 heteroatoms. The molecule has 1 amide bonds. The average Bonchev–Trinajstić information content (AvgIpc) is 3.54. The quantitative estimate of drug-likeness (QED) is 0.282. The van der Waals surface area contributed by atoms with Gasteiger partial charge in [0, 0.05) is 36.3 Å². The summed E-state index contributed by atoms with van der Waals surface area (Å²) < 4.78 is 14.0. The Morgan fingerprint density at radius 2 is 1.75 bits per heavy atom. The fraction of sp³-hybridized carbons (Fsp3) is 0.241. The summed E-state index contributed by atoms with van der Waals surface area (Å²) in [5.74, 6) is 1.17. The van der Waals surface area contributed by atoms with Crippen LogP contribution in [0.2, 0.25) is 5.02 Å². The number of amides is 1. The monoisotopic (exact) mass is 501 g/mol. The predicted octanol–water partition coefficient (Wildman–Crippen LogP) is 6.35. The van der Waals surface area contributed by atoms with Crippen molar-refractivity contribution in [2.45, 2.75) is 25.5 Å². The fourth-order valence-corrected chi connectivity index (χ4v) is 4.60. The minimum atomic E-state index is -0.0496. The van der Waals surface area contributed by atoms with Crippen molar-refractivity contribution >= 4 is 17.5 Å². The summed E-state index contributed by atoms with van der Waals surface area (Å²) in [6, 6.07) is 26.5. The molecule has 4 aromatic rings. The van der Waals surface area contributed by atoms with Crippen molar-refractivity contribution in [1.29, 1.82) is 0 Å². The lowest BCUT2D eigenvalue weighted by molar-refractivity contribution is 0.0506. The molecule has 1 aromatic heterocycles. The zero-order valence-corrected chi connectivity index (χ0v) is 20.9. The van der Waals surface area contributed by atoms with Crippen LogP contribution in [-0.4, -0.2) is 39.8 Å². The number of carbonyl (C=O) groups excluding carboxylic acids is 1. The molecule has 1 saturated heterocycles. The summed E-state index contributed by atoms with van der Waals surface area (Å²) >= 11 is 6.08. The van der Waals surface area contributed by atoms with Crippen LogP contribution >= 0.6 is 11.6 Å². The molecule has 2 heterocycles. The molecule has 0 aliphatic carbocycles. The van der Waals surface area contributed by atoms with Gasteiger partial charge < -0.3 is 14.4 Å². The first-order chi connectivity index (χ1) is 17.6. The van der Waals surface area contributed by atoms with Gasteiger partial charge in [-0.1, -0.05) is 60.1 Å². The summed E-state index contributed by atoms with van der Waals surface area (Å²) in [4.78, 5) is 15.5. The van der Waals surface area contributed by atoms with Gasteiger partial charge in [-0.25, -0.2) is 4.68 Å². The third-order valence-corrected chi connectivity index (χ3v) is 6.52. The van der Waals surface area contributed by atoms with Crippen molar-refractivity contribution in [3.05, 3.63) is 101 Å². The van der Waals surface area contributed by atoms with Crippen molar-refractivity contribution in [3.8, 4) is 22.9 Å². The number of nitrogens with zero attached hydrogens (tertiary/aromatic N) is 3. The molecule has 184 valence electrons. The van der Waals surface area contributed by atoms with Crippen LogP contribution in [0.3, 0.4) is 0 Å². The number of aromatic nitrogens is 2. The van der Waals surface area contributed by atoms with Crippen LogP contribution in [0.15, 0.2) is 84.9 Å². The summed E-state index contributed by atoms with van der Waals surface area (Å²) in [7, 11) is 1.85. The van der Waals surface area contributed by atoms with E-state index in [4.69, 9.17) is 26.2 Å². The second-order valence-corrected chi connectivity index (χ2v) is 9.30. The Hall–Kier alpha value is -3.61. The first-order valence-electron chi connectivity index (χ1n) is 12.1. The number of aryl methyl sites for hydroxylation is 1. The molecule has 0 N–H and O–H groups in total. The Morgan fingerprint density at radius 1 is 1.06 bits per heavy atom. The Labute approximate surface area is 216 Å². The van der Waals surface area contributed by atoms with Gasteiger partial charge in [0.1, 0.15) is 11.4 Å². The molecular formula is C29H28ClN3O3. The van der Waals surface area contributed by atoms with E-state index in [0.717, 1.165) is 36.3 Å². The Kier molecular flexibility index (Phi) is 7.35. The van der Waals surface area contributed by atoms with Crippen molar-refractivity contribution in [3.63, 3.8) is 0 Å². The topological polar surface area (TPSA) is 56.6 Å². The van der Waals surface area contributed by atoms with Crippen molar-refractivity contribution in [1.82, 2.24) is 14.7 Å². The molecule has 0 saturated carbocycles. The van der Waals surface area contributed by atoms with Gasteiger partial charge in [-0.3, -0.25) is 4.79 Å². The molecule has 0 spiro atoms. The summed E-state index contributed by atoms with van der Waals surface area (Å²) in [6.45, 7) is 1.55. The molecule has 1 aliphatic rings. The van der Waals surface area contributed by atoms with Crippen LogP contribution in [0.25, 0.3) is 11.3 Å². The standard InChI is InChI=1S/C29H28ClN3O3/c1-32-29(36-24-16-14-23(30)15-17-24)26(27(31-32)21-9-4-2-5-10-21)20-33(19-25-13-8-18-35-25)28(34)22-11-6-3-7-12-22/h2-7,9-12,14-17,25H,8,13,18-20H2,1H3/t25-/m1/s1. The summed E-state index contributed by atoms with van der Waals surface area (Å²) in [6.07, 6.45) is 1.95. The van der Waals surface area contributed by atoms with Gasteiger partial charge in [-0.05, 0) is 49.2 Å². The Balaban J connectivity index is 1.55. The molecule has 1 atom stereocenters. The highest BCUT2D eigenvalue weighted by Gasteiger charge is 2.28. The van der Waals surface area contributed by atoms with Crippen LogP contribution in [0.4, 0.5) is 0 Å². The van der Waals surface area contributed by atoms with Crippen LogP contribution in [0, 0.1) is 0 Å². The van der Waals surface area contributed by atoms with E-state index in [1.807, 2.05) is 84.7 Å². The average molecular weight is 502 g/mol. The van der Waals surface area contributed by atoms with Gasteiger partial charge in [0.2, 0.25) is 5.88 Å². The highest BCUT2D eigenvalue weighted by Crippen LogP contribution is 2.35. The maximum Gasteiger partial charge on any atom is 0.254 e.